The largest absolute Gasteiger partial charge is 0.497 e. The normalized spacial score (nSPS) is 16.3. The second-order valence-corrected chi connectivity index (χ2v) is 9.82. The van der Waals surface area contributed by atoms with E-state index in [1.54, 1.807) is 33.5 Å². The number of amides is 1. The highest BCUT2D eigenvalue weighted by atomic mass is 35.5. The van der Waals surface area contributed by atoms with Crippen molar-refractivity contribution in [1.29, 1.82) is 0 Å². The number of aromatic nitrogens is 3. The number of pyridine rings is 1. The topological polar surface area (TPSA) is 100 Å². The number of nitrogens with zero attached hydrogens (tertiary/aromatic N) is 7. The van der Waals surface area contributed by atoms with E-state index in [4.69, 9.17) is 26.1 Å². The number of fused-ring (bicyclic) bond motifs is 3. The molecule has 0 spiro atoms. The van der Waals surface area contributed by atoms with Crippen molar-refractivity contribution in [3.8, 4) is 34.0 Å². The molecule has 1 amide bonds. The summed E-state index contributed by atoms with van der Waals surface area (Å²) in [4.78, 5) is 29.3. The Morgan fingerprint density at radius 2 is 1.95 bits per heavy atom. The first-order chi connectivity index (χ1) is 18.9. The molecular formula is C27H33ClN8O3. The summed E-state index contributed by atoms with van der Waals surface area (Å²) in [5.74, 6) is 2.84. The Balaban J connectivity index is 1.39. The molecular weight excluding hydrogens is 520 g/mol. The average molecular weight is 553 g/mol. The molecule has 1 aromatic rings. The van der Waals surface area contributed by atoms with Crippen LogP contribution < -0.4 is 20.5 Å². The summed E-state index contributed by atoms with van der Waals surface area (Å²) in [5, 5.41) is 2.67. The van der Waals surface area contributed by atoms with E-state index in [1.807, 2.05) is 17.0 Å². The van der Waals surface area contributed by atoms with E-state index in [0.29, 0.717) is 28.8 Å². The standard InChI is InChI=1S/C27H33ClN8O3/c1-5-23(37)34-11-9-33(10-12-34)7-6-8-35-17-36-25-18(16-30-27(29-2)31-25)13-21(26(36)32-35)20-14-19(38-3)15-22(39-4)24(20)28/h5,13-16,32H,1,6-12,17H2,2-4H3. The van der Waals surface area contributed by atoms with Gasteiger partial charge in [0.05, 0.1) is 25.9 Å². The summed E-state index contributed by atoms with van der Waals surface area (Å²) in [7, 11) is 4.89. The fourth-order valence-corrected chi connectivity index (χ4v) is 5.35. The van der Waals surface area contributed by atoms with Gasteiger partial charge in [-0.3, -0.25) is 19.3 Å². The maximum absolute atomic E-state index is 11.9. The molecule has 0 aliphatic carbocycles. The second-order valence-electron chi connectivity index (χ2n) is 9.44. The third-order valence-corrected chi connectivity index (χ3v) is 7.55. The molecule has 4 aliphatic rings. The van der Waals surface area contributed by atoms with Crippen molar-refractivity contribution >= 4 is 23.3 Å². The fourth-order valence-electron chi connectivity index (χ4n) is 5.06. The van der Waals surface area contributed by atoms with E-state index in [1.165, 1.54) is 6.08 Å². The zero-order valence-electron chi connectivity index (χ0n) is 22.5. The lowest BCUT2D eigenvalue weighted by Gasteiger charge is -2.34. The molecule has 1 N–H and O–H groups in total. The van der Waals surface area contributed by atoms with Crippen LogP contribution in [0.1, 0.15) is 6.42 Å². The van der Waals surface area contributed by atoms with Crippen molar-refractivity contribution in [2.45, 2.75) is 13.1 Å². The van der Waals surface area contributed by atoms with Crippen molar-refractivity contribution in [1.82, 2.24) is 29.3 Å². The third kappa shape index (κ3) is 5.42. The van der Waals surface area contributed by atoms with E-state index in [-0.39, 0.29) is 5.91 Å². The summed E-state index contributed by atoms with van der Waals surface area (Å²) in [6.07, 6.45) is 4.13. The van der Waals surface area contributed by atoms with Gasteiger partial charge in [0, 0.05) is 68.7 Å². The SMILES string of the molecule is C=CC(=O)N1CCN(CCCN2Cn3c4nc(=NC)ncc-4cc(-c4cc(OC)cc(OC)c4Cl)c3N2)CC1. The molecule has 11 nitrogen and oxygen atoms in total. The molecule has 4 aliphatic heterocycles. The number of nitrogens with one attached hydrogen (secondary N) is 1. The zero-order valence-corrected chi connectivity index (χ0v) is 23.2. The van der Waals surface area contributed by atoms with Gasteiger partial charge in [-0.25, -0.2) is 9.99 Å². The van der Waals surface area contributed by atoms with Gasteiger partial charge in [-0.1, -0.05) is 18.2 Å². The quantitative estimate of drug-likeness (QED) is 0.426. The number of ether oxygens (including phenoxy) is 2. The molecule has 0 unspecified atom stereocenters. The average Bonchev–Trinajstić information content (AvgIpc) is 3.41. The minimum atomic E-state index is 0.00494. The first-order valence-electron chi connectivity index (χ1n) is 12.9. The molecule has 0 bridgehead atoms. The van der Waals surface area contributed by atoms with Gasteiger partial charge >= 0.3 is 0 Å². The van der Waals surface area contributed by atoms with Crippen LogP contribution in [0.2, 0.25) is 5.02 Å². The molecule has 0 atom stereocenters. The monoisotopic (exact) mass is 552 g/mol. The number of piperazine rings is 1. The first kappa shape index (κ1) is 26.9. The number of benzene rings is 1. The smallest absolute Gasteiger partial charge is 0.246 e. The lowest BCUT2D eigenvalue weighted by atomic mass is 10.0. The highest BCUT2D eigenvalue weighted by Crippen LogP contribution is 2.44. The zero-order chi connectivity index (χ0) is 27.5. The molecule has 1 aromatic carbocycles. The van der Waals surface area contributed by atoms with Crippen LogP contribution in [0.5, 0.6) is 11.5 Å². The minimum absolute atomic E-state index is 0.00494. The Morgan fingerprint density at radius 1 is 1.15 bits per heavy atom. The van der Waals surface area contributed by atoms with Crippen LogP contribution in [0.3, 0.4) is 0 Å². The molecule has 0 radical (unpaired) electrons. The van der Waals surface area contributed by atoms with E-state index in [2.05, 4.69) is 36.5 Å². The van der Waals surface area contributed by atoms with Gasteiger partial charge < -0.3 is 19.8 Å². The molecule has 1 fully saturated rings. The van der Waals surface area contributed by atoms with Crippen LogP contribution in [-0.4, -0.2) is 95.8 Å². The highest BCUT2D eigenvalue weighted by molar-refractivity contribution is 6.35. The molecule has 12 heteroatoms. The number of methoxy groups -OCH3 is 2. The van der Waals surface area contributed by atoms with Crippen molar-refractivity contribution < 1.29 is 14.3 Å². The van der Waals surface area contributed by atoms with Crippen molar-refractivity contribution in [3.05, 3.63) is 47.7 Å². The van der Waals surface area contributed by atoms with Gasteiger partial charge in [0.15, 0.2) is 0 Å². The number of anilines is 1. The van der Waals surface area contributed by atoms with Gasteiger partial charge in [0.25, 0.3) is 0 Å². The van der Waals surface area contributed by atoms with Crippen LogP contribution >= 0.6 is 11.6 Å². The highest BCUT2D eigenvalue weighted by Gasteiger charge is 2.28. The van der Waals surface area contributed by atoms with E-state index < -0.39 is 0 Å². The Kier molecular flexibility index (Phi) is 8.01. The predicted octanol–water partition coefficient (Wildman–Crippen LogP) is 2.57. The summed E-state index contributed by atoms with van der Waals surface area (Å²) in [6.45, 7) is 9.16. The van der Waals surface area contributed by atoms with E-state index in [9.17, 15) is 4.79 Å². The maximum Gasteiger partial charge on any atom is 0.246 e. The van der Waals surface area contributed by atoms with Crippen LogP contribution in [0.25, 0.3) is 22.5 Å². The Hall–Kier alpha value is -3.67. The van der Waals surface area contributed by atoms with Crippen molar-refractivity contribution in [2.75, 3.05) is 66.0 Å². The van der Waals surface area contributed by atoms with Crippen LogP contribution in [0.4, 0.5) is 5.82 Å². The fraction of sp³-hybridized carbons (Fsp3) is 0.407. The first-order valence-corrected chi connectivity index (χ1v) is 13.2. The Morgan fingerprint density at radius 3 is 2.64 bits per heavy atom. The number of halogens is 1. The van der Waals surface area contributed by atoms with Gasteiger partial charge in [0.1, 0.15) is 23.1 Å². The van der Waals surface area contributed by atoms with Crippen LogP contribution in [-0.2, 0) is 11.5 Å². The lowest BCUT2D eigenvalue weighted by Crippen LogP contribution is -2.48. The van der Waals surface area contributed by atoms with E-state index in [0.717, 1.165) is 74.0 Å². The Bertz CT molecular complexity index is 1420. The summed E-state index contributed by atoms with van der Waals surface area (Å²) >= 11 is 6.81. The van der Waals surface area contributed by atoms with Gasteiger partial charge in [-0.15, -0.1) is 0 Å². The number of hydrazine groups is 1. The minimum Gasteiger partial charge on any atom is -0.497 e. The number of carbonyl (C=O) groups excluding carboxylic acids is 1. The van der Waals surface area contributed by atoms with Crippen LogP contribution in [0.15, 0.2) is 42.0 Å². The number of carbonyl (C=O) groups is 1. The van der Waals surface area contributed by atoms with Crippen LogP contribution in [0, 0.1) is 0 Å². The maximum atomic E-state index is 11.9. The molecule has 0 aromatic heterocycles. The molecule has 5 rings (SSSR count). The Labute approximate surface area is 232 Å². The molecule has 0 saturated carbocycles. The van der Waals surface area contributed by atoms with Crippen molar-refractivity contribution in [2.24, 2.45) is 4.99 Å². The summed E-state index contributed by atoms with van der Waals surface area (Å²) < 4.78 is 13.2. The van der Waals surface area contributed by atoms with Crippen molar-refractivity contribution in [3.63, 3.8) is 0 Å². The molecule has 4 heterocycles. The van der Waals surface area contributed by atoms with E-state index >= 15 is 0 Å². The van der Waals surface area contributed by atoms with Gasteiger partial charge in [0.2, 0.25) is 11.5 Å². The predicted molar refractivity (Wildman–Crippen MR) is 150 cm³/mol. The molecule has 39 heavy (non-hydrogen) atoms. The summed E-state index contributed by atoms with van der Waals surface area (Å²) in [5.41, 5.74) is 6.55. The number of hydrogen-bond acceptors (Lipinski definition) is 9. The van der Waals surface area contributed by atoms with Gasteiger partial charge in [-0.05, 0) is 31.2 Å². The molecule has 206 valence electrons. The third-order valence-electron chi connectivity index (χ3n) is 7.16. The lowest BCUT2D eigenvalue weighted by molar-refractivity contribution is -0.127. The summed E-state index contributed by atoms with van der Waals surface area (Å²) in [6, 6.07) is 5.71. The second kappa shape index (κ2) is 11.6. The molecule has 1 saturated heterocycles. The number of rotatable bonds is 8. The van der Waals surface area contributed by atoms with Gasteiger partial charge in [-0.2, -0.15) is 4.98 Å². The number of hydrogen-bond donors (Lipinski definition) is 1.